The molecule has 0 spiro atoms. The summed E-state index contributed by atoms with van der Waals surface area (Å²) in [5, 5.41) is 6.07. The predicted octanol–water partition coefficient (Wildman–Crippen LogP) is 1.31. The number of urea groups is 1. The summed E-state index contributed by atoms with van der Waals surface area (Å²) in [4.78, 5) is 22.8. The third-order valence-corrected chi connectivity index (χ3v) is 4.55. The van der Waals surface area contributed by atoms with E-state index in [4.69, 9.17) is 4.74 Å². The first-order valence-electron chi connectivity index (χ1n) is 8.43. The number of amides is 2. The molecule has 2 fully saturated rings. The highest BCUT2D eigenvalue weighted by atomic mass is 16.5. The number of nitrogens with one attached hydrogen (secondary N) is 2. The molecule has 1 aromatic heterocycles. The third-order valence-electron chi connectivity index (χ3n) is 4.55. The van der Waals surface area contributed by atoms with E-state index >= 15 is 0 Å². The Morgan fingerprint density at radius 3 is 2.70 bits per heavy atom. The van der Waals surface area contributed by atoms with E-state index in [0.717, 1.165) is 51.3 Å². The zero-order valence-corrected chi connectivity index (χ0v) is 13.6. The first-order chi connectivity index (χ1) is 11.2. The van der Waals surface area contributed by atoms with Gasteiger partial charge in [-0.1, -0.05) is 0 Å². The number of carbonyl (C=O) groups is 1. The molecule has 23 heavy (non-hydrogen) atoms. The van der Waals surface area contributed by atoms with E-state index < -0.39 is 0 Å². The fourth-order valence-corrected chi connectivity index (χ4v) is 3.20. The summed E-state index contributed by atoms with van der Waals surface area (Å²) in [6, 6.07) is 1.97. The van der Waals surface area contributed by atoms with Crippen LogP contribution in [0.3, 0.4) is 0 Å². The number of hydrogen-bond acceptors (Lipinski definition) is 5. The molecule has 2 amide bonds. The molecule has 3 rings (SSSR count). The maximum Gasteiger partial charge on any atom is 0.315 e. The van der Waals surface area contributed by atoms with Gasteiger partial charge in [0, 0.05) is 38.1 Å². The lowest BCUT2D eigenvalue weighted by molar-refractivity contribution is 0.0858. The Bertz CT molecular complexity index is 498. The molecule has 2 aliphatic rings. The second-order valence-corrected chi connectivity index (χ2v) is 6.27. The van der Waals surface area contributed by atoms with E-state index in [1.807, 2.05) is 13.0 Å². The second-order valence-electron chi connectivity index (χ2n) is 6.27. The van der Waals surface area contributed by atoms with Crippen molar-refractivity contribution in [2.24, 2.45) is 0 Å². The van der Waals surface area contributed by atoms with Crippen molar-refractivity contribution >= 4 is 12.0 Å². The average Bonchev–Trinajstić information content (AvgIpc) is 3.11. The van der Waals surface area contributed by atoms with Gasteiger partial charge in [-0.05, 0) is 38.7 Å². The quantitative estimate of drug-likeness (QED) is 0.875. The van der Waals surface area contributed by atoms with Crippen LogP contribution < -0.4 is 15.5 Å². The van der Waals surface area contributed by atoms with Gasteiger partial charge in [-0.2, -0.15) is 0 Å². The first-order valence-corrected chi connectivity index (χ1v) is 8.43. The number of rotatable bonds is 4. The Morgan fingerprint density at radius 1 is 1.30 bits per heavy atom. The molecule has 2 N–H and O–H groups in total. The van der Waals surface area contributed by atoms with Gasteiger partial charge in [0.1, 0.15) is 0 Å². The van der Waals surface area contributed by atoms with Crippen LogP contribution in [0.4, 0.5) is 10.7 Å². The number of carbonyl (C=O) groups excluding carboxylic acids is 1. The molecule has 2 aliphatic heterocycles. The molecule has 1 aromatic rings. The van der Waals surface area contributed by atoms with Gasteiger partial charge in [-0.25, -0.2) is 14.8 Å². The van der Waals surface area contributed by atoms with Crippen molar-refractivity contribution < 1.29 is 9.53 Å². The monoisotopic (exact) mass is 319 g/mol. The van der Waals surface area contributed by atoms with E-state index in [2.05, 4.69) is 25.5 Å². The normalized spacial score (nSPS) is 23.5. The van der Waals surface area contributed by atoms with Gasteiger partial charge in [-0.3, -0.25) is 0 Å². The van der Waals surface area contributed by atoms with E-state index in [1.54, 1.807) is 12.4 Å². The number of ether oxygens (including phenoxy) is 1. The topological polar surface area (TPSA) is 79.4 Å². The summed E-state index contributed by atoms with van der Waals surface area (Å²) in [6.45, 7) is 4.52. The highest BCUT2D eigenvalue weighted by Gasteiger charge is 2.26. The third kappa shape index (κ3) is 4.31. The molecule has 126 valence electrons. The van der Waals surface area contributed by atoms with Crippen LogP contribution in [0.25, 0.3) is 0 Å². The van der Waals surface area contributed by atoms with Crippen LogP contribution in [0.5, 0.6) is 0 Å². The number of piperidine rings is 1. The maximum atomic E-state index is 12.1. The molecule has 7 heteroatoms. The lowest BCUT2D eigenvalue weighted by Gasteiger charge is -2.32. The number of hydrogen-bond donors (Lipinski definition) is 2. The van der Waals surface area contributed by atoms with E-state index in [9.17, 15) is 4.79 Å². The van der Waals surface area contributed by atoms with Crippen LogP contribution in [0, 0.1) is 0 Å². The van der Waals surface area contributed by atoms with Crippen molar-refractivity contribution in [2.45, 2.75) is 50.8 Å². The summed E-state index contributed by atoms with van der Waals surface area (Å²) in [7, 11) is 0. The van der Waals surface area contributed by atoms with Gasteiger partial charge >= 0.3 is 6.03 Å². The number of aromatic nitrogens is 2. The zero-order valence-electron chi connectivity index (χ0n) is 13.6. The van der Waals surface area contributed by atoms with Gasteiger partial charge in [0.05, 0.1) is 12.1 Å². The standard InChI is InChI=1S/C16H25N5O2/c1-12(14-4-2-11-23-14)19-16(22)20-13-5-9-21(10-6-13)15-17-7-3-8-18-15/h3,7-8,12-14H,2,4-6,9-11H2,1H3,(H2,19,20,22)/t12-,14-/m0/s1. The predicted molar refractivity (Wildman–Crippen MR) is 87.4 cm³/mol. The lowest BCUT2D eigenvalue weighted by atomic mass is 10.1. The minimum atomic E-state index is -0.0950. The summed E-state index contributed by atoms with van der Waals surface area (Å²) >= 11 is 0. The smallest absolute Gasteiger partial charge is 0.315 e. The van der Waals surface area contributed by atoms with Gasteiger partial charge < -0.3 is 20.3 Å². The summed E-state index contributed by atoms with van der Waals surface area (Å²) in [6.07, 6.45) is 7.58. The molecule has 0 aromatic carbocycles. The van der Waals surface area contributed by atoms with Gasteiger partial charge in [0.2, 0.25) is 5.95 Å². The molecule has 0 bridgehead atoms. The van der Waals surface area contributed by atoms with Crippen molar-refractivity contribution in [3.05, 3.63) is 18.5 Å². The van der Waals surface area contributed by atoms with Crippen molar-refractivity contribution in [2.75, 3.05) is 24.6 Å². The molecule has 0 unspecified atom stereocenters. The fourth-order valence-electron chi connectivity index (χ4n) is 3.20. The van der Waals surface area contributed by atoms with Crippen molar-refractivity contribution in [1.82, 2.24) is 20.6 Å². The Balaban J connectivity index is 1.40. The number of anilines is 1. The minimum Gasteiger partial charge on any atom is -0.376 e. The molecule has 2 atom stereocenters. The van der Waals surface area contributed by atoms with Crippen LogP contribution in [-0.2, 0) is 4.74 Å². The van der Waals surface area contributed by atoms with Crippen LogP contribution in [0.15, 0.2) is 18.5 Å². The summed E-state index contributed by atoms with van der Waals surface area (Å²) < 4.78 is 5.61. The van der Waals surface area contributed by atoms with Crippen molar-refractivity contribution in [3.63, 3.8) is 0 Å². The molecule has 0 saturated carbocycles. The van der Waals surface area contributed by atoms with Crippen molar-refractivity contribution in [1.29, 1.82) is 0 Å². The molecule has 2 saturated heterocycles. The fraction of sp³-hybridized carbons (Fsp3) is 0.688. The average molecular weight is 319 g/mol. The molecular formula is C16H25N5O2. The summed E-state index contributed by atoms with van der Waals surface area (Å²) in [5.41, 5.74) is 0. The van der Waals surface area contributed by atoms with E-state index in [1.165, 1.54) is 0 Å². The maximum absolute atomic E-state index is 12.1. The van der Waals surface area contributed by atoms with Crippen LogP contribution in [-0.4, -0.2) is 53.9 Å². The van der Waals surface area contributed by atoms with E-state index in [-0.39, 0.29) is 24.2 Å². The largest absolute Gasteiger partial charge is 0.376 e. The SMILES string of the molecule is C[C@H](NC(=O)NC1CCN(c2ncccn2)CC1)[C@@H]1CCCO1. The van der Waals surface area contributed by atoms with Crippen LogP contribution in [0.2, 0.25) is 0 Å². The molecule has 7 nitrogen and oxygen atoms in total. The second kappa shape index (κ2) is 7.59. The Hall–Kier alpha value is -1.89. The first kappa shape index (κ1) is 16.0. The Kier molecular flexibility index (Phi) is 5.27. The highest BCUT2D eigenvalue weighted by Crippen LogP contribution is 2.16. The summed E-state index contributed by atoms with van der Waals surface area (Å²) in [5.74, 6) is 0.766. The van der Waals surface area contributed by atoms with Crippen LogP contribution in [0.1, 0.15) is 32.6 Å². The Labute approximate surface area is 136 Å². The highest BCUT2D eigenvalue weighted by molar-refractivity contribution is 5.74. The number of nitrogens with zero attached hydrogens (tertiary/aromatic N) is 3. The van der Waals surface area contributed by atoms with Gasteiger partial charge in [-0.15, -0.1) is 0 Å². The van der Waals surface area contributed by atoms with E-state index in [0.29, 0.717) is 0 Å². The van der Waals surface area contributed by atoms with Gasteiger partial charge in [0.15, 0.2) is 0 Å². The van der Waals surface area contributed by atoms with Gasteiger partial charge in [0.25, 0.3) is 0 Å². The molecule has 0 radical (unpaired) electrons. The Morgan fingerprint density at radius 2 is 2.04 bits per heavy atom. The molecule has 3 heterocycles. The van der Waals surface area contributed by atoms with Crippen molar-refractivity contribution in [3.8, 4) is 0 Å². The molecule has 0 aliphatic carbocycles. The lowest BCUT2D eigenvalue weighted by Crippen LogP contribution is -2.51. The van der Waals surface area contributed by atoms with Crippen LogP contribution >= 0.6 is 0 Å². The zero-order chi connectivity index (χ0) is 16.1. The molecular weight excluding hydrogens is 294 g/mol. The minimum absolute atomic E-state index is 0.0512.